The molecule has 106 valence electrons. The van der Waals surface area contributed by atoms with Gasteiger partial charge in [0.05, 0.1) is 16.4 Å². The van der Waals surface area contributed by atoms with Crippen molar-refractivity contribution < 1.29 is 0 Å². The van der Waals surface area contributed by atoms with Crippen molar-refractivity contribution in [1.82, 2.24) is 9.78 Å². The van der Waals surface area contributed by atoms with E-state index in [9.17, 15) is 0 Å². The molecule has 1 aliphatic carbocycles. The lowest BCUT2D eigenvalue weighted by Crippen LogP contribution is -2.25. The van der Waals surface area contributed by atoms with Gasteiger partial charge in [-0.15, -0.1) is 0 Å². The Bertz CT molecular complexity index is 462. The first-order chi connectivity index (χ1) is 9.11. The highest BCUT2D eigenvalue weighted by Gasteiger charge is 2.17. The molecule has 0 fully saturated rings. The van der Waals surface area contributed by atoms with E-state index >= 15 is 0 Å². The van der Waals surface area contributed by atoms with Crippen molar-refractivity contribution >= 4 is 11.6 Å². The molecule has 3 nitrogen and oxygen atoms in total. The molecule has 1 atom stereocenters. The van der Waals surface area contributed by atoms with Crippen LogP contribution < -0.4 is 5.73 Å². The zero-order chi connectivity index (χ0) is 13.8. The highest BCUT2D eigenvalue weighted by molar-refractivity contribution is 6.31. The summed E-state index contributed by atoms with van der Waals surface area (Å²) in [6, 6.07) is 0.142. The van der Waals surface area contributed by atoms with Crippen LogP contribution in [0, 0.1) is 6.92 Å². The molecule has 0 saturated carbocycles. The number of hydrogen-bond acceptors (Lipinski definition) is 2. The van der Waals surface area contributed by atoms with Gasteiger partial charge >= 0.3 is 0 Å². The third-order valence-corrected chi connectivity index (χ3v) is 4.31. The van der Waals surface area contributed by atoms with E-state index in [0.717, 1.165) is 35.8 Å². The van der Waals surface area contributed by atoms with Crippen LogP contribution in [0.4, 0.5) is 0 Å². The SMILES string of the molecule is CCn1nc(C)c(Cl)c1CC(N)CC1=CCCCC1. The molecule has 0 amide bonds. The second kappa shape index (κ2) is 6.58. The third-order valence-electron chi connectivity index (χ3n) is 3.82. The molecule has 0 saturated heterocycles. The van der Waals surface area contributed by atoms with Gasteiger partial charge in [0.15, 0.2) is 0 Å². The molecule has 0 bridgehead atoms. The van der Waals surface area contributed by atoms with Gasteiger partial charge < -0.3 is 5.73 Å². The number of halogens is 1. The van der Waals surface area contributed by atoms with E-state index in [0.29, 0.717) is 0 Å². The molecule has 1 aliphatic rings. The summed E-state index contributed by atoms with van der Waals surface area (Å²) in [5, 5.41) is 5.23. The molecule has 0 radical (unpaired) electrons. The Labute approximate surface area is 120 Å². The summed E-state index contributed by atoms with van der Waals surface area (Å²) in [5.74, 6) is 0. The van der Waals surface area contributed by atoms with Gasteiger partial charge in [0, 0.05) is 19.0 Å². The Morgan fingerprint density at radius 1 is 1.42 bits per heavy atom. The lowest BCUT2D eigenvalue weighted by atomic mass is 9.93. The van der Waals surface area contributed by atoms with Crippen LogP contribution in [0.5, 0.6) is 0 Å². The van der Waals surface area contributed by atoms with Crippen molar-refractivity contribution in [2.24, 2.45) is 5.73 Å². The van der Waals surface area contributed by atoms with E-state index in [-0.39, 0.29) is 6.04 Å². The van der Waals surface area contributed by atoms with Crippen molar-refractivity contribution in [3.8, 4) is 0 Å². The molecule has 2 rings (SSSR count). The summed E-state index contributed by atoms with van der Waals surface area (Å²) in [6.45, 7) is 4.88. The normalized spacial score (nSPS) is 17.4. The topological polar surface area (TPSA) is 43.8 Å². The first-order valence-corrected chi connectivity index (χ1v) is 7.64. The summed E-state index contributed by atoms with van der Waals surface area (Å²) >= 11 is 6.33. The third kappa shape index (κ3) is 3.61. The van der Waals surface area contributed by atoms with E-state index in [1.807, 2.05) is 11.6 Å². The van der Waals surface area contributed by atoms with E-state index in [4.69, 9.17) is 17.3 Å². The first-order valence-electron chi connectivity index (χ1n) is 7.27. The molecular formula is C15H24ClN3. The molecule has 19 heavy (non-hydrogen) atoms. The van der Waals surface area contributed by atoms with E-state index in [1.54, 1.807) is 0 Å². The highest BCUT2D eigenvalue weighted by atomic mass is 35.5. The number of nitrogens with two attached hydrogens (primary N) is 1. The van der Waals surface area contributed by atoms with E-state index in [1.165, 1.54) is 31.3 Å². The zero-order valence-corrected chi connectivity index (χ0v) is 12.7. The van der Waals surface area contributed by atoms with Crippen LogP contribution in [0.2, 0.25) is 5.02 Å². The molecule has 0 spiro atoms. The van der Waals surface area contributed by atoms with Crippen molar-refractivity contribution in [3.05, 3.63) is 28.1 Å². The fourth-order valence-corrected chi connectivity index (χ4v) is 3.02. The van der Waals surface area contributed by atoms with Crippen LogP contribution >= 0.6 is 11.6 Å². The van der Waals surface area contributed by atoms with Gasteiger partial charge in [0.2, 0.25) is 0 Å². The fourth-order valence-electron chi connectivity index (χ4n) is 2.81. The van der Waals surface area contributed by atoms with Crippen LogP contribution in [-0.4, -0.2) is 15.8 Å². The Balaban J connectivity index is 2.02. The summed E-state index contributed by atoms with van der Waals surface area (Å²) in [5.41, 5.74) is 9.81. The lowest BCUT2D eigenvalue weighted by molar-refractivity contribution is 0.559. The average molecular weight is 282 g/mol. The van der Waals surface area contributed by atoms with Gasteiger partial charge in [-0.2, -0.15) is 5.10 Å². The fraction of sp³-hybridized carbons (Fsp3) is 0.667. The number of nitrogens with zero attached hydrogens (tertiary/aromatic N) is 2. The molecule has 0 aromatic carbocycles. The number of hydrogen-bond donors (Lipinski definition) is 1. The molecule has 1 aromatic heterocycles. The van der Waals surface area contributed by atoms with Gasteiger partial charge in [-0.05, 0) is 46.0 Å². The van der Waals surface area contributed by atoms with Crippen LogP contribution in [0.15, 0.2) is 11.6 Å². The van der Waals surface area contributed by atoms with E-state index in [2.05, 4.69) is 18.1 Å². The number of aromatic nitrogens is 2. The number of allylic oxidation sites excluding steroid dienone is 1. The maximum absolute atomic E-state index is 6.33. The maximum Gasteiger partial charge on any atom is 0.0847 e. The number of rotatable bonds is 5. The van der Waals surface area contributed by atoms with Gasteiger partial charge in [-0.25, -0.2) is 0 Å². The smallest absolute Gasteiger partial charge is 0.0847 e. The Morgan fingerprint density at radius 3 is 2.84 bits per heavy atom. The second-order valence-corrected chi connectivity index (χ2v) is 5.82. The quantitative estimate of drug-likeness (QED) is 0.838. The van der Waals surface area contributed by atoms with Crippen LogP contribution in [0.25, 0.3) is 0 Å². The lowest BCUT2D eigenvalue weighted by Gasteiger charge is -2.18. The van der Waals surface area contributed by atoms with Crippen molar-refractivity contribution in [2.75, 3.05) is 0 Å². The minimum atomic E-state index is 0.142. The van der Waals surface area contributed by atoms with Gasteiger partial charge in [0.1, 0.15) is 0 Å². The monoisotopic (exact) mass is 281 g/mol. The predicted octanol–water partition coefficient (Wildman–Crippen LogP) is 3.63. The van der Waals surface area contributed by atoms with Gasteiger partial charge in [-0.1, -0.05) is 23.3 Å². The summed E-state index contributed by atoms with van der Waals surface area (Å²) in [6.07, 6.45) is 9.24. The number of aryl methyl sites for hydroxylation is 2. The molecule has 4 heteroatoms. The first kappa shape index (κ1) is 14.6. The largest absolute Gasteiger partial charge is 0.327 e. The molecule has 2 N–H and O–H groups in total. The second-order valence-electron chi connectivity index (χ2n) is 5.44. The maximum atomic E-state index is 6.33. The Hall–Kier alpha value is -0.800. The molecule has 1 aromatic rings. The summed E-state index contributed by atoms with van der Waals surface area (Å²) in [7, 11) is 0. The van der Waals surface area contributed by atoms with Crippen molar-refractivity contribution in [2.45, 2.75) is 65.0 Å². The van der Waals surface area contributed by atoms with Gasteiger partial charge in [-0.3, -0.25) is 4.68 Å². The summed E-state index contributed by atoms with van der Waals surface area (Å²) in [4.78, 5) is 0. The molecule has 0 aliphatic heterocycles. The zero-order valence-electron chi connectivity index (χ0n) is 12.0. The average Bonchev–Trinajstić information content (AvgIpc) is 2.67. The van der Waals surface area contributed by atoms with Crippen LogP contribution in [-0.2, 0) is 13.0 Å². The predicted molar refractivity (Wildman–Crippen MR) is 80.5 cm³/mol. The summed E-state index contributed by atoms with van der Waals surface area (Å²) < 4.78 is 1.98. The molecular weight excluding hydrogens is 258 g/mol. The standard InChI is InChI=1S/C15H24ClN3/c1-3-19-14(15(16)11(2)18-19)10-13(17)9-12-7-5-4-6-8-12/h7,13H,3-6,8-10,17H2,1-2H3. The minimum Gasteiger partial charge on any atom is -0.327 e. The van der Waals surface area contributed by atoms with Crippen molar-refractivity contribution in [1.29, 1.82) is 0 Å². The van der Waals surface area contributed by atoms with Crippen LogP contribution in [0.1, 0.15) is 50.4 Å². The highest BCUT2D eigenvalue weighted by Crippen LogP contribution is 2.25. The molecule has 1 unspecified atom stereocenters. The van der Waals surface area contributed by atoms with E-state index < -0.39 is 0 Å². The Kier molecular flexibility index (Phi) is 5.06. The van der Waals surface area contributed by atoms with Crippen LogP contribution in [0.3, 0.4) is 0 Å². The minimum absolute atomic E-state index is 0.142. The molecule has 1 heterocycles. The van der Waals surface area contributed by atoms with Crippen molar-refractivity contribution in [3.63, 3.8) is 0 Å². The Morgan fingerprint density at radius 2 is 2.21 bits per heavy atom. The van der Waals surface area contributed by atoms with Gasteiger partial charge in [0.25, 0.3) is 0 Å².